The van der Waals surface area contributed by atoms with Crippen LogP contribution in [0.2, 0.25) is 0 Å². The van der Waals surface area contributed by atoms with Crippen molar-refractivity contribution in [1.82, 2.24) is 14.8 Å². The van der Waals surface area contributed by atoms with E-state index in [4.69, 9.17) is 5.11 Å². The Kier molecular flexibility index (Phi) is 3.01. The Morgan fingerprint density at radius 2 is 2.28 bits per heavy atom. The van der Waals surface area contributed by atoms with Crippen molar-refractivity contribution in [3.63, 3.8) is 0 Å². The normalized spacial score (nSPS) is 10.6. The van der Waals surface area contributed by atoms with E-state index in [0.717, 1.165) is 11.1 Å². The van der Waals surface area contributed by atoms with Gasteiger partial charge in [-0.2, -0.15) is 5.10 Å². The first-order valence-electron chi connectivity index (χ1n) is 5.51. The number of carboxylic acid groups (broad SMARTS) is 1. The lowest BCUT2D eigenvalue weighted by atomic mass is 10.0. The standard InChI is InChI=1S/C12H13N3O3/c1-3-7-4-9(12(17)18)11(16)14-10(7)8-5-13-15(2)6-8/h4-6H,3H2,1-2H3,(H,14,16)(H,17,18). The maximum absolute atomic E-state index is 11.7. The Labute approximate surface area is 103 Å². The quantitative estimate of drug-likeness (QED) is 0.848. The molecular formula is C12H13N3O3. The maximum atomic E-state index is 11.7. The minimum Gasteiger partial charge on any atom is -0.477 e. The highest BCUT2D eigenvalue weighted by Crippen LogP contribution is 2.20. The molecule has 0 aliphatic rings. The van der Waals surface area contributed by atoms with Gasteiger partial charge < -0.3 is 10.1 Å². The summed E-state index contributed by atoms with van der Waals surface area (Å²) in [7, 11) is 1.78. The van der Waals surface area contributed by atoms with E-state index in [2.05, 4.69) is 10.1 Å². The monoisotopic (exact) mass is 247 g/mol. The van der Waals surface area contributed by atoms with E-state index in [1.54, 1.807) is 24.1 Å². The van der Waals surface area contributed by atoms with E-state index in [0.29, 0.717) is 12.1 Å². The number of aromatic amines is 1. The largest absolute Gasteiger partial charge is 0.477 e. The number of carbonyl (C=O) groups is 1. The fraction of sp³-hybridized carbons (Fsp3) is 0.250. The van der Waals surface area contributed by atoms with Crippen LogP contribution >= 0.6 is 0 Å². The topological polar surface area (TPSA) is 88.0 Å². The van der Waals surface area contributed by atoms with Gasteiger partial charge in [-0.05, 0) is 18.1 Å². The molecule has 0 fully saturated rings. The van der Waals surface area contributed by atoms with E-state index in [9.17, 15) is 9.59 Å². The summed E-state index contributed by atoms with van der Waals surface area (Å²) in [5, 5.41) is 12.9. The fourth-order valence-electron chi connectivity index (χ4n) is 1.82. The van der Waals surface area contributed by atoms with Crippen LogP contribution in [0.5, 0.6) is 0 Å². The van der Waals surface area contributed by atoms with E-state index in [-0.39, 0.29) is 5.56 Å². The Morgan fingerprint density at radius 3 is 2.78 bits per heavy atom. The molecule has 2 heterocycles. The molecule has 2 aromatic heterocycles. The number of carboxylic acids is 1. The average molecular weight is 247 g/mol. The van der Waals surface area contributed by atoms with Crippen LogP contribution in [0.15, 0.2) is 23.3 Å². The second-order valence-corrected chi connectivity index (χ2v) is 3.97. The Bertz CT molecular complexity index is 655. The van der Waals surface area contributed by atoms with E-state index < -0.39 is 11.5 Å². The van der Waals surface area contributed by atoms with Gasteiger partial charge in [-0.15, -0.1) is 0 Å². The van der Waals surface area contributed by atoms with Crippen molar-refractivity contribution in [3.8, 4) is 11.3 Å². The van der Waals surface area contributed by atoms with Gasteiger partial charge in [0.1, 0.15) is 5.56 Å². The molecule has 2 aromatic rings. The lowest BCUT2D eigenvalue weighted by Crippen LogP contribution is -2.19. The van der Waals surface area contributed by atoms with Gasteiger partial charge in [0.25, 0.3) is 5.56 Å². The van der Waals surface area contributed by atoms with Crippen LogP contribution in [0.4, 0.5) is 0 Å². The number of aryl methyl sites for hydroxylation is 2. The van der Waals surface area contributed by atoms with Gasteiger partial charge in [0.05, 0.1) is 11.9 Å². The summed E-state index contributed by atoms with van der Waals surface area (Å²) in [5.41, 5.74) is 1.34. The van der Waals surface area contributed by atoms with Gasteiger partial charge in [0, 0.05) is 18.8 Å². The molecule has 94 valence electrons. The molecule has 0 spiro atoms. The number of hydrogen-bond acceptors (Lipinski definition) is 3. The van der Waals surface area contributed by atoms with Crippen molar-refractivity contribution < 1.29 is 9.90 Å². The molecule has 0 unspecified atom stereocenters. The molecule has 0 saturated carbocycles. The van der Waals surface area contributed by atoms with Gasteiger partial charge in [-0.3, -0.25) is 9.48 Å². The Balaban J connectivity index is 2.65. The third kappa shape index (κ3) is 2.04. The van der Waals surface area contributed by atoms with Gasteiger partial charge in [0.2, 0.25) is 0 Å². The zero-order valence-corrected chi connectivity index (χ0v) is 10.1. The summed E-state index contributed by atoms with van der Waals surface area (Å²) in [6.45, 7) is 1.90. The number of rotatable bonds is 3. The third-order valence-corrected chi connectivity index (χ3v) is 2.73. The number of H-pyrrole nitrogens is 1. The van der Waals surface area contributed by atoms with Crippen molar-refractivity contribution in [3.05, 3.63) is 39.9 Å². The van der Waals surface area contributed by atoms with E-state index >= 15 is 0 Å². The molecule has 6 nitrogen and oxygen atoms in total. The van der Waals surface area contributed by atoms with Crippen LogP contribution in [-0.4, -0.2) is 25.8 Å². The molecule has 0 aliphatic carbocycles. The first kappa shape index (κ1) is 12.1. The van der Waals surface area contributed by atoms with Crippen LogP contribution in [-0.2, 0) is 13.5 Å². The molecule has 2 N–H and O–H groups in total. The van der Waals surface area contributed by atoms with Gasteiger partial charge >= 0.3 is 5.97 Å². The summed E-state index contributed by atoms with van der Waals surface area (Å²) in [4.78, 5) is 25.2. The highest BCUT2D eigenvalue weighted by Gasteiger charge is 2.14. The molecule has 0 saturated heterocycles. The average Bonchev–Trinajstić information content (AvgIpc) is 2.75. The predicted molar refractivity (Wildman–Crippen MR) is 65.6 cm³/mol. The molecule has 0 radical (unpaired) electrons. The molecule has 0 aliphatic heterocycles. The summed E-state index contributed by atoms with van der Waals surface area (Å²) >= 11 is 0. The lowest BCUT2D eigenvalue weighted by molar-refractivity contribution is 0.0695. The highest BCUT2D eigenvalue weighted by atomic mass is 16.4. The molecule has 18 heavy (non-hydrogen) atoms. The molecule has 0 aromatic carbocycles. The van der Waals surface area contributed by atoms with Gasteiger partial charge in [-0.1, -0.05) is 6.92 Å². The number of nitrogens with one attached hydrogen (secondary N) is 1. The number of aromatic nitrogens is 3. The smallest absolute Gasteiger partial charge is 0.341 e. The van der Waals surface area contributed by atoms with Crippen LogP contribution in [0.3, 0.4) is 0 Å². The molecular weight excluding hydrogens is 234 g/mol. The minimum absolute atomic E-state index is 0.237. The molecule has 0 bridgehead atoms. The second-order valence-electron chi connectivity index (χ2n) is 3.97. The first-order valence-corrected chi connectivity index (χ1v) is 5.51. The number of hydrogen-bond donors (Lipinski definition) is 2. The number of pyridine rings is 1. The molecule has 2 rings (SSSR count). The molecule has 6 heteroatoms. The number of nitrogens with zero attached hydrogens (tertiary/aromatic N) is 2. The van der Waals surface area contributed by atoms with E-state index in [1.807, 2.05) is 6.92 Å². The molecule has 0 atom stereocenters. The van der Waals surface area contributed by atoms with Crippen molar-refractivity contribution in [2.24, 2.45) is 7.05 Å². The van der Waals surface area contributed by atoms with Gasteiger partial charge in [0.15, 0.2) is 0 Å². The van der Waals surface area contributed by atoms with Crippen molar-refractivity contribution >= 4 is 5.97 Å². The van der Waals surface area contributed by atoms with Crippen LogP contribution in [0, 0.1) is 0 Å². The van der Waals surface area contributed by atoms with E-state index in [1.165, 1.54) is 6.07 Å². The Hall–Kier alpha value is -2.37. The van der Waals surface area contributed by atoms with Gasteiger partial charge in [-0.25, -0.2) is 4.79 Å². The van der Waals surface area contributed by atoms with Crippen LogP contribution in [0.25, 0.3) is 11.3 Å². The zero-order chi connectivity index (χ0) is 13.3. The van der Waals surface area contributed by atoms with Crippen molar-refractivity contribution in [1.29, 1.82) is 0 Å². The predicted octanol–water partition coefficient (Wildman–Crippen LogP) is 1.04. The Morgan fingerprint density at radius 1 is 1.56 bits per heavy atom. The fourth-order valence-corrected chi connectivity index (χ4v) is 1.82. The SMILES string of the molecule is CCc1cc(C(=O)O)c(=O)[nH]c1-c1cnn(C)c1. The number of aromatic carboxylic acids is 1. The minimum atomic E-state index is -1.22. The second kappa shape index (κ2) is 4.48. The van der Waals surface area contributed by atoms with Crippen LogP contribution < -0.4 is 5.56 Å². The summed E-state index contributed by atoms with van der Waals surface area (Å²) in [5.74, 6) is -1.22. The third-order valence-electron chi connectivity index (χ3n) is 2.73. The summed E-state index contributed by atoms with van der Waals surface area (Å²) in [6.07, 6.45) is 4.02. The van der Waals surface area contributed by atoms with Crippen molar-refractivity contribution in [2.75, 3.05) is 0 Å². The maximum Gasteiger partial charge on any atom is 0.341 e. The highest BCUT2D eigenvalue weighted by molar-refractivity contribution is 5.88. The van der Waals surface area contributed by atoms with Crippen LogP contribution in [0.1, 0.15) is 22.8 Å². The first-order chi connectivity index (χ1) is 8.52. The zero-order valence-electron chi connectivity index (χ0n) is 10.1. The lowest BCUT2D eigenvalue weighted by Gasteiger charge is -2.06. The molecule has 0 amide bonds. The summed E-state index contributed by atoms with van der Waals surface area (Å²) in [6, 6.07) is 1.42. The van der Waals surface area contributed by atoms with Crippen molar-refractivity contribution in [2.45, 2.75) is 13.3 Å². The summed E-state index contributed by atoms with van der Waals surface area (Å²) < 4.78 is 1.62.